The van der Waals surface area contributed by atoms with Crippen LogP contribution in [-0.2, 0) is 11.2 Å². The van der Waals surface area contributed by atoms with E-state index in [9.17, 15) is 8.78 Å². The van der Waals surface area contributed by atoms with Crippen LogP contribution in [0.5, 0.6) is 0 Å². The number of carbonyl (C=O) groups is 1. The van der Waals surface area contributed by atoms with E-state index in [-0.39, 0.29) is 5.89 Å². The fourth-order valence-electron chi connectivity index (χ4n) is 1.20. The molecule has 2 aromatic rings. The first-order chi connectivity index (χ1) is 8.70. The van der Waals surface area contributed by atoms with Crippen molar-refractivity contribution in [2.24, 2.45) is 0 Å². The van der Waals surface area contributed by atoms with Crippen LogP contribution in [0.3, 0.4) is 0 Å². The zero-order chi connectivity index (χ0) is 13.5. The SMILES string of the molecule is C=O.CCc1ccc(-c2nnc(C(F)F)o2)cn1. The van der Waals surface area contributed by atoms with E-state index in [1.165, 1.54) is 6.20 Å². The molecule has 0 unspecified atom stereocenters. The molecule has 0 fully saturated rings. The Labute approximate surface area is 102 Å². The molecular formula is C11H11F2N3O2. The van der Waals surface area contributed by atoms with Crippen molar-refractivity contribution in [3.63, 3.8) is 0 Å². The van der Waals surface area contributed by atoms with Gasteiger partial charge in [-0.2, -0.15) is 8.78 Å². The summed E-state index contributed by atoms with van der Waals surface area (Å²) in [6, 6.07) is 3.51. The maximum atomic E-state index is 12.2. The highest BCUT2D eigenvalue weighted by molar-refractivity contribution is 5.50. The van der Waals surface area contributed by atoms with Crippen molar-refractivity contribution < 1.29 is 18.0 Å². The molecule has 2 aromatic heterocycles. The Morgan fingerprint density at radius 1 is 1.33 bits per heavy atom. The van der Waals surface area contributed by atoms with Crippen LogP contribution in [0, 0.1) is 0 Å². The van der Waals surface area contributed by atoms with E-state index >= 15 is 0 Å². The third-order valence-corrected chi connectivity index (χ3v) is 2.06. The molecule has 18 heavy (non-hydrogen) atoms. The van der Waals surface area contributed by atoms with Gasteiger partial charge < -0.3 is 9.21 Å². The summed E-state index contributed by atoms with van der Waals surface area (Å²) in [5.41, 5.74) is 1.45. The van der Waals surface area contributed by atoms with Crippen molar-refractivity contribution in [3.8, 4) is 11.5 Å². The van der Waals surface area contributed by atoms with Gasteiger partial charge in [0.15, 0.2) is 0 Å². The Kier molecular flexibility index (Phi) is 5.04. The van der Waals surface area contributed by atoms with E-state index in [1.54, 1.807) is 12.1 Å². The molecule has 0 aliphatic heterocycles. The van der Waals surface area contributed by atoms with Crippen molar-refractivity contribution in [1.29, 1.82) is 0 Å². The number of pyridine rings is 1. The summed E-state index contributed by atoms with van der Waals surface area (Å²) in [5, 5.41) is 6.77. The van der Waals surface area contributed by atoms with Crippen LogP contribution in [0.4, 0.5) is 8.78 Å². The zero-order valence-corrected chi connectivity index (χ0v) is 9.64. The first kappa shape index (κ1) is 13.9. The molecule has 0 aliphatic rings. The summed E-state index contributed by atoms with van der Waals surface area (Å²) >= 11 is 0. The fraction of sp³-hybridized carbons (Fsp3) is 0.273. The monoisotopic (exact) mass is 255 g/mol. The number of aromatic nitrogens is 3. The quantitative estimate of drug-likeness (QED) is 0.842. The molecule has 0 bridgehead atoms. The third-order valence-electron chi connectivity index (χ3n) is 2.06. The maximum Gasteiger partial charge on any atom is 0.314 e. The zero-order valence-electron chi connectivity index (χ0n) is 9.64. The van der Waals surface area contributed by atoms with Gasteiger partial charge in [0.25, 0.3) is 5.89 Å². The minimum Gasteiger partial charge on any atom is -0.415 e. The Morgan fingerprint density at radius 2 is 2.06 bits per heavy atom. The summed E-state index contributed by atoms with van der Waals surface area (Å²) < 4.78 is 29.2. The average Bonchev–Trinajstić information content (AvgIpc) is 2.91. The van der Waals surface area contributed by atoms with Gasteiger partial charge in [0.1, 0.15) is 6.79 Å². The number of halogens is 2. The molecule has 5 nitrogen and oxygen atoms in total. The summed E-state index contributed by atoms with van der Waals surface area (Å²) in [6.45, 7) is 3.98. The van der Waals surface area contributed by atoms with Gasteiger partial charge in [0.05, 0.1) is 5.56 Å². The molecule has 0 N–H and O–H groups in total. The molecule has 96 valence electrons. The highest BCUT2D eigenvalue weighted by atomic mass is 19.3. The number of rotatable bonds is 3. The molecule has 7 heteroatoms. The van der Waals surface area contributed by atoms with E-state index < -0.39 is 12.3 Å². The second-order valence-electron chi connectivity index (χ2n) is 3.14. The smallest absolute Gasteiger partial charge is 0.314 e. The Hall–Kier alpha value is -2.18. The lowest BCUT2D eigenvalue weighted by Gasteiger charge is -1.96. The van der Waals surface area contributed by atoms with Gasteiger partial charge in [0.2, 0.25) is 5.89 Å². The summed E-state index contributed by atoms with van der Waals surface area (Å²) in [6.07, 6.45) is -0.405. The largest absolute Gasteiger partial charge is 0.415 e. The van der Waals surface area contributed by atoms with Crippen molar-refractivity contribution in [1.82, 2.24) is 15.2 Å². The van der Waals surface area contributed by atoms with Crippen LogP contribution < -0.4 is 0 Å². The number of carbonyl (C=O) groups excluding carboxylic acids is 1. The first-order valence-corrected chi connectivity index (χ1v) is 5.06. The predicted molar refractivity (Wildman–Crippen MR) is 59.0 cm³/mol. The van der Waals surface area contributed by atoms with Gasteiger partial charge in [-0.3, -0.25) is 4.98 Å². The normalized spacial score (nSPS) is 10.0. The van der Waals surface area contributed by atoms with E-state index in [4.69, 9.17) is 9.21 Å². The number of hydrogen-bond donors (Lipinski definition) is 0. The Balaban J connectivity index is 0.000000771. The van der Waals surface area contributed by atoms with E-state index in [0.717, 1.165) is 12.1 Å². The second-order valence-corrected chi connectivity index (χ2v) is 3.14. The summed E-state index contributed by atoms with van der Waals surface area (Å²) in [7, 11) is 0. The number of nitrogens with zero attached hydrogens (tertiary/aromatic N) is 3. The lowest BCUT2D eigenvalue weighted by Crippen LogP contribution is -1.86. The molecule has 2 rings (SSSR count). The first-order valence-electron chi connectivity index (χ1n) is 5.06. The lowest BCUT2D eigenvalue weighted by atomic mass is 10.2. The minimum absolute atomic E-state index is 0.0606. The van der Waals surface area contributed by atoms with E-state index in [0.29, 0.717) is 5.56 Å². The van der Waals surface area contributed by atoms with E-state index in [1.807, 2.05) is 13.7 Å². The number of alkyl halides is 2. The van der Waals surface area contributed by atoms with Crippen molar-refractivity contribution in [3.05, 3.63) is 29.9 Å². The molecule has 0 amide bonds. The number of aryl methyl sites for hydroxylation is 1. The van der Waals surface area contributed by atoms with Crippen LogP contribution in [0.15, 0.2) is 22.7 Å². The van der Waals surface area contributed by atoms with Gasteiger partial charge in [-0.15, -0.1) is 10.2 Å². The van der Waals surface area contributed by atoms with Crippen LogP contribution >= 0.6 is 0 Å². The minimum atomic E-state index is -2.75. The summed E-state index contributed by atoms with van der Waals surface area (Å²) in [4.78, 5) is 12.1. The maximum absolute atomic E-state index is 12.2. The van der Waals surface area contributed by atoms with Crippen LogP contribution in [-0.4, -0.2) is 22.0 Å². The molecule has 0 aliphatic carbocycles. The fourth-order valence-corrected chi connectivity index (χ4v) is 1.20. The predicted octanol–water partition coefficient (Wildman–Crippen LogP) is 2.45. The molecule has 0 atom stereocenters. The molecule has 0 saturated carbocycles. The average molecular weight is 255 g/mol. The van der Waals surface area contributed by atoms with Gasteiger partial charge in [0, 0.05) is 11.9 Å². The molecule has 0 aromatic carbocycles. The van der Waals surface area contributed by atoms with Crippen molar-refractivity contribution >= 4 is 6.79 Å². The third kappa shape index (κ3) is 3.16. The highest BCUT2D eigenvalue weighted by Crippen LogP contribution is 2.22. The van der Waals surface area contributed by atoms with Crippen LogP contribution in [0.1, 0.15) is 24.9 Å². The van der Waals surface area contributed by atoms with Crippen LogP contribution in [0.25, 0.3) is 11.5 Å². The topological polar surface area (TPSA) is 68.9 Å². The van der Waals surface area contributed by atoms with Gasteiger partial charge in [-0.25, -0.2) is 0 Å². The van der Waals surface area contributed by atoms with Crippen molar-refractivity contribution in [2.75, 3.05) is 0 Å². The van der Waals surface area contributed by atoms with Gasteiger partial charge in [-0.1, -0.05) is 6.92 Å². The Morgan fingerprint density at radius 3 is 2.50 bits per heavy atom. The molecule has 2 heterocycles. The van der Waals surface area contributed by atoms with Crippen LogP contribution in [0.2, 0.25) is 0 Å². The Bertz CT molecular complexity index is 485. The summed E-state index contributed by atoms with van der Waals surface area (Å²) in [5.74, 6) is -0.611. The van der Waals surface area contributed by atoms with E-state index in [2.05, 4.69) is 15.2 Å². The lowest BCUT2D eigenvalue weighted by molar-refractivity contribution is -0.0979. The molecule has 0 saturated heterocycles. The number of hydrogen-bond acceptors (Lipinski definition) is 5. The second kappa shape index (κ2) is 6.53. The molecule has 0 radical (unpaired) electrons. The standard InChI is InChI=1S/C10H9F2N3O.CH2O/c1-2-7-4-3-6(5-13-7)9-14-15-10(16-9)8(11)12;1-2/h3-5,8H,2H2,1H3;1H2. The van der Waals surface area contributed by atoms with Gasteiger partial charge >= 0.3 is 6.43 Å². The molecule has 0 spiro atoms. The van der Waals surface area contributed by atoms with Gasteiger partial charge in [-0.05, 0) is 18.6 Å². The van der Waals surface area contributed by atoms with Crippen molar-refractivity contribution in [2.45, 2.75) is 19.8 Å². The highest BCUT2D eigenvalue weighted by Gasteiger charge is 2.16. The molecular weight excluding hydrogens is 244 g/mol.